The number of nitrogens with zero attached hydrogens (tertiary/aromatic N) is 2. The van der Waals surface area contributed by atoms with Crippen LogP contribution in [0.5, 0.6) is 0 Å². The van der Waals surface area contributed by atoms with E-state index in [2.05, 4.69) is 9.88 Å². The SMILES string of the molecule is O=S1(=O)CC2(CCN([C@@H]3CCC[C@H](c4ccc(C(F)(F)F)nc4)C3)CC2)C1. The van der Waals surface area contributed by atoms with E-state index in [9.17, 15) is 21.6 Å². The zero-order valence-electron chi connectivity index (χ0n) is 15.2. The van der Waals surface area contributed by atoms with Crippen LogP contribution < -0.4 is 0 Å². The molecule has 2 aliphatic heterocycles. The molecule has 0 unspecified atom stereocenters. The van der Waals surface area contributed by atoms with Gasteiger partial charge in [0.15, 0.2) is 9.84 Å². The lowest BCUT2D eigenvalue weighted by atomic mass is 9.77. The molecule has 1 aromatic heterocycles. The molecule has 0 aromatic carbocycles. The third-order valence-corrected chi connectivity index (χ3v) is 8.73. The summed E-state index contributed by atoms with van der Waals surface area (Å²) in [6, 6.07) is 3.09. The van der Waals surface area contributed by atoms with Crippen LogP contribution in [0.3, 0.4) is 0 Å². The van der Waals surface area contributed by atoms with Gasteiger partial charge in [0.1, 0.15) is 5.69 Å². The lowest BCUT2D eigenvalue weighted by Crippen LogP contribution is -2.56. The minimum absolute atomic E-state index is 0.0146. The number of rotatable bonds is 2. The zero-order valence-corrected chi connectivity index (χ0v) is 16.0. The molecule has 1 spiro atoms. The van der Waals surface area contributed by atoms with Crippen molar-refractivity contribution in [3.8, 4) is 0 Å². The van der Waals surface area contributed by atoms with Gasteiger partial charge in [-0.15, -0.1) is 0 Å². The third-order valence-electron chi connectivity index (χ3n) is 6.62. The predicted molar refractivity (Wildman–Crippen MR) is 96.1 cm³/mol. The van der Waals surface area contributed by atoms with E-state index in [-0.39, 0.29) is 11.3 Å². The van der Waals surface area contributed by atoms with Gasteiger partial charge in [0.2, 0.25) is 0 Å². The van der Waals surface area contributed by atoms with Gasteiger partial charge < -0.3 is 4.90 Å². The van der Waals surface area contributed by atoms with Crippen molar-refractivity contribution in [2.75, 3.05) is 24.6 Å². The first kappa shape index (κ1) is 19.2. The Morgan fingerprint density at radius 1 is 1.11 bits per heavy atom. The Bertz CT molecular complexity index is 770. The molecule has 0 bridgehead atoms. The molecule has 1 aliphatic carbocycles. The Morgan fingerprint density at radius 3 is 2.37 bits per heavy atom. The van der Waals surface area contributed by atoms with Crippen molar-refractivity contribution in [3.63, 3.8) is 0 Å². The van der Waals surface area contributed by atoms with E-state index in [1.165, 1.54) is 6.20 Å². The van der Waals surface area contributed by atoms with Crippen molar-refractivity contribution in [1.82, 2.24) is 9.88 Å². The van der Waals surface area contributed by atoms with E-state index >= 15 is 0 Å². The smallest absolute Gasteiger partial charge is 0.300 e. The minimum Gasteiger partial charge on any atom is -0.300 e. The summed E-state index contributed by atoms with van der Waals surface area (Å²) in [5.74, 6) is 0.940. The molecule has 27 heavy (non-hydrogen) atoms. The Balaban J connectivity index is 1.36. The second-order valence-electron chi connectivity index (χ2n) is 8.56. The lowest BCUT2D eigenvalue weighted by molar-refractivity contribution is -0.141. The van der Waals surface area contributed by atoms with Gasteiger partial charge in [-0.05, 0) is 62.7 Å². The number of sulfone groups is 1. The summed E-state index contributed by atoms with van der Waals surface area (Å²) in [5.41, 5.74) is 0.0717. The Labute approximate surface area is 158 Å². The van der Waals surface area contributed by atoms with Crippen molar-refractivity contribution in [1.29, 1.82) is 0 Å². The van der Waals surface area contributed by atoms with Gasteiger partial charge in [0.05, 0.1) is 11.5 Å². The predicted octanol–water partition coefficient (Wildman–Crippen LogP) is 3.64. The van der Waals surface area contributed by atoms with E-state index in [0.29, 0.717) is 17.5 Å². The van der Waals surface area contributed by atoms with E-state index in [0.717, 1.165) is 63.2 Å². The highest BCUT2D eigenvalue weighted by molar-refractivity contribution is 7.92. The molecule has 1 aromatic rings. The molecule has 3 heterocycles. The number of pyridine rings is 1. The van der Waals surface area contributed by atoms with Gasteiger partial charge in [-0.3, -0.25) is 4.98 Å². The van der Waals surface area contributed by atoms with Gasteiger partial charge in [0.25, 0.3) is 0 Å². The molecular weight excluding hydrogens is 377 g/mol. The minimum atomic E-state index is -4.40. The number of aromatic nitrogens is 1. The second kappa shape index (κ2) is 6.72. The van der Waals surface area contributed by atoms with E-state index in [1.807, 2.05) is 0 Å². The van der Waals surface area contributed by atoms with Crippen molar-refractivity contribution >= 4 is 9.84 Å². The summed E-state index contributed by atoms with van der Waals surface area (Å²) in [7, 11) is -2.80. The molecule has 2 atom stereocenters. The average Bonchev–Trinajstić information content (AvgIpc) is 2.60. The van der Waals surface area contributed by atoms with Gasteiger partial charge >= 0.3 is 6.18 Å². The van der Waals surface area contributed by atoms with Gasteiger partial charge in [-0.1, -0.05) is 12.5 Å². The standard InChI is InChI=1S/C19H25F3N2O2S/c20-19(21,22)17-5-4-15(11-23-17)14-2-1-3-16(10-14)24-8-6-18(7-9-24)12-27(25,26)13-18/h4-5,11,14,16H,1-3,6-10,12-13H2/t14-,16+/m0/s1. The molecule has 3 aliphatic rings. The fourth-order valence-electron chi connectivity index (χ4n) is 5.16. The summed E-state index contributed by atoms with van der Waals surface area (Å²) in [5, 5.41) is 0. The van der Waals surface area contributed by atoms with Gasteiger partial charge in [0, 0.05) is 17.7 Å². The number of halogens is 3. The highest BCUT2D eigenvalue weighted by Crippen LogP contribution is 2.44. The van der Waals surface area contributed by atoms with Crippen LogP contribution in [0, 0.1) is 5.41 Å². The summed E-state index contributed by atoms with van der Waals surface area (Å²) in [4.78, 5) is 6.09. The number of hydrogen-bond donors (Lipinski definition) is 0. The number of piperidine rings is 1. The zero-order chi connectivity index (χ0) is 19.3. The molecule has 2 saturated heterocycles. The molecule has 1 saturated carbocycles. The lowest BCUT2D eigenvalue weighted by Gasteiger charge is -2.49. The first-order valence-electron chi connectivity index (χ1n) is 9.64. The molecule has 0 radical (unpaired) electrons. The third kappa shape index (κ3) is 4.01. The van der Waals surface area contributed by atoms with Crippen LogP contribution in [-0.4, -0.2) is 48.9 Å². The van der Waals surface area contributed by atoms with Crippen LogP contribution >= 0.6 is 0 Å². The summed E-state index contributed by atoms with van der Waals surface area (Å²) in [6.07, 6.45) is 2.97. The van der Waals surface area contributed by atoms with Crippen LogP contribution in [0.15, 0.2) is 18.3 Å². The molecule has 4 nitrogen and oxygen atoms in total. The Morgan fingerprint density at radius 2 is 1.81 bits per heavy atom. The molecular formula is C19H25F3N2O2S. The molecule has 150 valence electrons. The molecule has 3 fully saturated rings. The van der Waals surface area contributed by atoms with E-state index in [4.69, 9.17) is 0 Å². The largest absolute Gasteiger partial charge is 0.433 e. The summed E-state index contributed by atoms with van der Waals surface area (Å²) in [6.45, 7) is 1.86. The quantitative estimate of drug-likeness (QED) is 0.758. The first-order chi connectivity index (χ1) is 12.7. The van der Waals surface area contributed by atoms with Gasteiger partial charge in [-0.25, -0.2) is 8.42 Å². The summed E-state index contributed by atoms with van der Waals surface area (Å²) >= 11 is 0. The van der Waals surface area contributed by atoms with E-state index in [1.54, 1.807) is 6.07 Å². The van der Waals surface area contributed by atoms with Crippen molar-refractivity contribution < 1.29 is 21.6 Å². The fourth-order valence-corrected chi connectivity index (χ4v) is 7.51. The maximum absolute atomic E-state index is 12.7. The van der Waals surface area contributed by atoms with Crippen LogP contribution in [0.4, 0.5) is 13.2 Å². The first-order valence-corrected chi connectivity index (χ1v) is 11.5. The average molecular weight is 402 g/mol. The number of likely N-dealkylation sites (tertiary alicyclic amines) is 1. The summed E-state index contributed by atoms with van der Waals surface area (Å²) < 4.78 is 61.2. The number of hydrogen-bond acceptors (Lipinski definition) is 4. The maximum Gasteiger partial charge on any atom is 0.433 e. The van der Waals surface area contributed by atoms with Crippen molar-refractivity contribution in [2.45, 2.75) is 56.7 Å². The normalized spacial score (nSPS) is 30.8. The van der Waals surface area contributed by atoms with Gasteiger partial charge in [-0.2, -0.15) is 13.2 Å². The van der Waals surface area contributed by atoms with Crippen LogP contribution in [0.25, 0.3) is 0 Å². The molecule has 4 rings (SSSR count). The highest BCUT2D eigenvalue weighted by atomic mass is 32.2. The number of alkyl halides is 3. The van der Waals surface area contributed by atoms with E-state index < -0.39 is 21.7 Å². The monoisotopic (exact) mass is 402 g/mol. The van der Waals surface area contributed by atoms with Crippen molar-refractivity contribution in [3.05, 3.63) is 29.6 Å². The highest BCUT2D eigenvalue weighted by Gasteiger charge is 2.50. The van der Waals surface area contributed by atoms with Crippen LogP contribution in [0.1, 0.15) is 55.7 Å². The second-order valence-corrected chi connectivity index (χ2v) is 10.6. The van der Waals surface area contributed by atoms with Crippen LogP contribution in [-0.2, 0) is 16.0 Å². The Kier molecular flexibility index (Phi) is 4.78. The molecule has 8 heteroatoms. The molecule has 0 amide bonds. The topological polar surface area (TPSA) is 50.3 Å². The maximum atomic E-state index is 12.7. The van der Waals surface area contributed by atoms with Crippen molar-refractivity contribution in [2.24, 2.45) is 5.41 Å². The fraction of sp³-hybridized carbons (Fsp3) is 0.737. The van der Waals surface area contributed by atoms with Crippen LogP contribution in [0.2, 0.25) is 0 Å². The molecule has 0 N–H and O–H groups in total. The Hall–Kier alpha value is -1.15.